The number of esters is 1. The molecule has 7 nitrogen and oxygen atoms in total. The maximum absolute atomic E-state index is 12.2. The summed E-state index contributed by atoms with van der Waals surface area (Å²) in [5, 5.41) is 2.62. The lowest BCUT2D eigenvalue weighted by Crippen LogP contribution is -2.37. The number of benzene rings is 2. The van der Waals surface area contributed by atoms with Crippen LogP contribution in [0, 0.1) is 0 Å². The number of ether oxygens (including phenoxy) is 1. The molecule has 0 saturated heterocycles. The number of amides is 2. The van der Waals surface area contributed by atoms with Crippen LogP contribution in [0.1, 0.15) is 20.7 Å². The van der Waals surface area contributed by atoms with Gasteiger partial charge in [0.2, 0.25) is 5.91 Å². The first-order valence-corrected chi connectivity index (χ1v) is 7.44. The summed E-state index contributed by atoms with van der Waals surface area (Å²) in [5.41, 5.74) is 1.54. The molecule has 0 radical (unpaired) electrons. The fourth-order valence-electron chi connectivity index (χ4n) is 2.56. The van der Waals surface area contributed by atoms with Crippen molar-refractivity contribution in [3.8, 4) is 0 Å². The molecule has 0 spiro atoms. The average molecular weight is 338 g/mol. The molecule has 1 aliphatic heterocycles. The van der Waals surface area contributed by atoms with Crippen LogP contribution in [0.3, 0.4) is 0 Å². The van der Waals surface area contributed by atoms with Gasteiger partial charge in [0, 0.05) is 5.69 Å². The van der Waals surface area contributed by atoms with Crippen molar-refractivity contribution in [1.29, 1.82) is 0 Å². The van der Waals surface area contributed by atoms with Crippen molar-refractivity contribution in [2.45, 2.75) is 0 Å². The number of nitrogens with one attached hydrogen (secondary N) is 1. The lowest BCUT2D eigenvalue weighted by molar-refractivity contribution is -0.118. The molecular weight excluding hydrogens is 324 g/mol. The summed E-state index contributed by atoms with van der Waals surface area (Å²) in [5.74, 6) is -2.28. The average Bonchev–Trinajstić information content (AvgIpc) is 2.87. The van der Waals surface area contributed by atoms with Crippen LogP contribution in [-0.2, 0) is 14.3 Å². The van der Waals surface area contributed by atoms with Gasteiger partial charge in [0.1, 0.15) is 6.54 Å². The van der Waals surface area contributed by atoms with Crippen molar-refractivity contribution in [2.75, 3.05) is 23.9 Å². The lowest BCUT2D eigenvalue weighted by atomic mass is 10.1. The third-order valence-corrected chi connectivity index (χ3v) is 3.77. The Kier molecular flexibility index (Phi) is 4.30. The van der Waals surface area contributed by atoms with E-state index in [9.17, 15) is 19.2 Å². The fraction of sp³-hybridized carbons (Fsp3) is 0.111. The standard InChI is InChI=1S/C18H14N2O5/c1-25-18(24)11-6-8-12(9-7-11)19-15(21)10-20-14-5-3-2-4-13(14)16(22)17(20)23/h2-9H,10H2,1H3,(H,19,21). The van der Waals surface area contributed by atoms with Crippen LogP contribution in [0.4, 0.5) is 11.4 Å². The maximum atomic E-state index is 12.2. The number of fused-ring (bicyclic) bond motifs is 1. The molecule has 2 aromatic carbocycles. The van der Waals surface area contributed by atoms with Gasteiger partial charge < -0.3 is 10.1 Å². The van der Waals surface area contributed by atoms with E-state index in [0.717, 1.165) is 4.90 Å². The third kappa shape index (κ3) is 3.12. The highest BCUT2D eigenvalue weighted by molar-refractivity contribution is 6.52. The summed E-state index contributed by atoms with van der Waals surface area (Å²) in [6.45, 7) is -0.277. The Hall–Kier alpha value is -3.48. The van der Waals surface area contributed by atoms with Gasteiger partial charge in [-0.05, 0) is 36.4 Å². The van der Waals surface area contributed by atoms with Crippen LogP contribution in [0.5, 0.6) is 0 Å². The Morgan fingerprint density at radius 1 is 1.04 bits per heavy atom. The number of methoxy groups -OCH3 is 1. The second-order valence-electron chi connectivity index (χ2n) is 5.35. The smallest absolute Gasteiger partial charge is 0.337 e. The lowest BCUT2D eigenvalue weighted by Gasteiger charge is -2.16. The van der Waals surface area contributed by atoms with Crippen LogP contribution in [0.15, 0.2) is 48.5 Å². The molecule has 25 heavy (non-hydrogen) atoms. The van der Waals surface area contributed by atoms with Crippen LogP contribution in [0.2, 0.25) is 0 Å². The summed E-state index contributed by atoms with van der Waals surface area (Å²) in [6.07, 6.45) is 0. The summed E-state index contributed by atoms with van der Waals surface area (Å²) in [7, 11) is 1.28. The van der Waals surface area contributed by atoms with E-state index in [2.05, 4.69) is 10.1 Å². The highest BCUT2D eigenvalue weighted by Crippen LogP contribution is 2.28. The van der Waals surface area contributed by atoms with E-state index in [4.69, 9.17) is 0 Å². The number of nitrogens with zero attached hydrogens (tertiary/aromatic N) is 1. The van der Waals surface area contributed by atoms with Crippen molar-refractivity contribution in [3.63, 3.8) is 0 Å². The summed E-state index contributed by atoms with van der Waals surface area (Å²) in [6, 6.07) is 12.7. The maximum Gasteiger partial charge on any atom is 0.337 e. The predicted molar refractivity (Wildman–Crippen MR) is 89.5 cm³/mol. The normalized spacial score (nSPS) is 12.8. The van der Waals surface area contributed by atoms with Gasteiger partial charge in [-0.3, -0.25) is 19.3 Å². The minimum absolute atomic E-state index is 0.277. The molecule has 1 aliphatic rings. The molecule has 0 atom stereocenters. The fourth-order valence-corrected chi connectivity index (χ4v) is 2.56. The first-order chi connectivity index (χ1) is 12.0. The molecule has 3 rings (SSSR count). The molecule has 2 aromatic rings. The Labute approximate surface area is 143 Å². The molecule has 126 valence electrons. The summed E-state index contributed by atoms with van der Waals surface area (Å²) >= 11 is 0. The third-order valence-electron chi connectivity index (χ3n) is 3.77. The molecule has 0 saturated carbocycles. The van der Waals surface area contributed by atoms with E-state index >= 15 is 0 Å². The van der Waals surface area contributed by atoms with Gasteiger partial charge >= 0.3 is 5.97 Å². The van der Waals surface area contributed by atoms with Crippen molar-refractivity contribution >= 4 is 34.9 Å². The monoisotopic (exact) mass is 338 g/mol. The van der Waals surface area contributed by atoms with Crippen molar-refractivity contribution in [3.05, 3.63) is 59.7 Å². The number of hydrogen-bond donors (Lipinski definition) is 1. The second kappa shape index (κ2) is 6.56. The van der Waals surface area contributed by atoms with Crippen LogP contribution < -0.4 is 10.2 Å². The first-order valence-electron chi connectivity index (χ1n) is 7.44. The SMILES string of the molecule is COC(=O)c1ccc(NC(=O)CN2C(=O)C(=O)c3ccccc32)cc1. The molecule has 0 aliphatic carbocycles. The molecule has 0 unspecified atom stereocenters. The molecule has 0 bridgehead atoms. The minimum Gasteiger partial charge on any atom is -0.465 e. The summed E-state index contributed by atoms with van der Waals surface area (Å²) in [4.78, 5) is 48.7. The molecular formula is C18H14N2O5. The van der Waals surface area contributed by atoms with Gasteiger partial charge in [-0.1, -0.05) is 12.1 Å². The Morgan fingerprint density at radius 2 is 1.72 bits per heavy atom. The van der Waals surface area contributed by atoms with E-state index < -0.39 is 23.6 Å². The number of carbonyl (C=O) groups excluding carboxylic acids is 4. The van der Waals surface area contributed by atoms with Gasteiger partial charge in [0.05, 0.1) is 23.9 Å². The summed E-state index contributed by atoms with van der Waals surface area (Å²) < 4.78 is 4.60. The molecule has 1 N–H and O–H groups in total. The van der Waals surface area contributed by atoms with Crippen molar-refractivity contribution < 1.29 is 23.9 Å². The topological polar surface area (TPSA) is 92.8 Å². The zero-order chi connectivity index (χ0) is 18.0. The largest absolute Gasteiger partial charge is 0.465 e. The van der Waals surface area contributed by atoms with E-state index in [1.54, 1.807) is 36.4 Å². The highest BCUT2D eigenvalue weighted by Gasteiger charge is 2.36. The Morgan fingerprint density at radius 3 is 2.40 bits per heavy atom. The zero-order valence-corrected chi connectivity index (χ0v) is 13.3. The first kappa shape index (κ1) is 16.4. The van der Waals surface area contributed by atoms with Gasteiger partial charge in [-0.2, -0.15) is 0 Å². The van der Waals surface area contributed by atoms with E-state index in [1.807, 2.05) is 0 Å². The predicted octanol–water partition coefficient (Wildman–Crippen LogP) is 1.64. The molecule has 7 heteroatoms. The number of hydrogen-bond acceptors (Lipinski definition) is 5. The van der Waals surface area contributed by atoms with E-state index in [0.29, 0.717) is 22.5 Å². The molecule has 1 heterocycles. The molecule has 2 amide bonds. The number of ketones is 1. The van der Waals surface area contributed by atoms with Crippen LogP contribution >= 0.6 is 0 Å². The van der Waals surface area contributed by atoms with Gasteiger partial charge in [-0.25, -0.2) is 4.79 Å². The van der Waals surface area contributed by atoms with Crippen molar-refractivity contribution in [2.24, 2.45) is 0 Å². The van der Waals surface area contributed by atoms with Gasteiger partial charge in [-0.15, -0.1) is 0 Å². The van der Waals surface area contributed by atoms with E-state index in [-0.39, 0.29) is 6.54 Å². The number of para-hydroxylation sites is 1. The Balaban J connectivity index is 1.70. The van der Waals surface area contributed by atoms with E-state index in [1.165, 1.54) is 19.2 Å². The van der Waals surface area contributed by atoms with Crippen LogP contribution in [-0.4, -0.2) is 37.2 Å². The van der Waals surface area contributed by atoms with Gasteiger partial charge in [0.25, 0.3) is 11.7 Å². The second-order valence-corrected chi connectivity index (χ2v) is 5.35. The quantitative estimate of drug-likeness (QED) is 0.676. The number of rotatable bonds is 4. The molecule has 0 aromatic heterocycles. The Bertz CT molecular complexity index is 873. The minimum atomic E-state index is -0.725. The highest BCUT2D eigenvalue weighted by atomic mass is 16.5. The zero-order valence-electron chi connectivity index (χ0n) is 13.3. The number of carbonyl (C=O) groups is 4. The van der Waals surface area contributed by atoms with Crippen molar-refractivity contribution in [1.82, 2.24) is 0 Å². The number of Topliss-reactive ketones (excluding diaryl/α,β-unsaturated/α-hetero) is 1. The number of anilines is 2. The van der Waals surface area contributed by atoms with Gasteiger partial charge in [0.15, 0.2) is 0 Å². The van der Waals surface area contributed by atoms with Crippen LogP contribution in [0.25, 0.3) is 0 Å². The molecule has 0 fully saturated rings.